The minimum atomic E-state index is -0.0106. The third-order valence-electron chi connectivity index (χ3n) is 4.05. The Kier molecular flexibility index (Phi) is 4.00. The summed E-state index contributed by atoms with van der Waals surface area (Å²) in [5, 5.41) is 3.32. The predicted molar refractivity (Wildman–Crippen MR) is 89.1 cm³/mol. The molecule has 0 amide bonds. The summed E-state index contributed by atoms with van der Waals surface area (Å²) in [5.74, 6) is 0. The smallest absolute Gasteiger partial charge is 0.315 e. The molecular formula is C16H17ClN4O. The summed E-state index contributed by atoms with van der Waals surface area (Å²) in [6.45, 7) is 1.77. The van der Waals surface area contributed by atoms with E-state index in [-0.39, 0.29) is 24.1 Å². The molecule has 1 unspecified atom stereocenters. The van der Waals surface area contributed by atoms with Crippen molar-refractivity contribution in [3.8, 4) is 5.69 Å². The molecule has 1 aromatic carbocycles. The molecule has 0 aliphatic carbocycles. The van der Waals surface area contributed by atoms with Crippen LogP contribution in [-0.4, -0.2) is 27.2 Å². The fourth-order valence-corrected chi connectivity index (χ4v) is 3.07. The number of benzene rings is 1. The first-order chi connectivity index (χ1) is 10.4. The van der Waals surface area contributed by atoms with Gasteiger partial charge in [-0.1, -0.05) is 18.2 Å². The average molecular weight is 317 g/mol. The molecule has 1 N–H and O–H groups in total. The second-order valence-corrected chi connectivity index (χ2v) is 5.32. The number of halogens is 1. The van der Waals surface area contributed by atoms with Gasteiger partial charge in [0, 0.05) is 12.7 Å². The van der Waals surface area contributed by atoms with Gasteiger partial charge in [-0.3, -0.25) is 9.13 Å². The number of para-hydroxylation sites is 1. The van der Waals surface area contributed by atoms with Crippen LogP contribution in [-0.2, 0) is 0 Å². The van der Waals surface area contributed by atoms with Gasteiger partial charge in [0.15, 0.2) is 5.65 Å². The Bertz CT molecular complexity index is 834. The molecule has 3 heterocycles. The normalized spacial score (nSPS) is 17.5. The van der Waals surface area contributed by atoms with Crippen LogP contribution in [0.1, 0.15) is 12.5 Å². The lowest BCUT2D eigenvalue weighted by atomic mass is 10.2. The Morgan fingerprint density at radius 2 is 1.95 bits per heavy atom. The average Bonchev–Trinajstić information content (AvgIpc) is 3.13. The van der Waals surface area contributed by atoms with E-state index in [4.69, 9.17) is 0 Å². The maximum Gasteiger partial charge on any atom is 0.335 e. The minimum Gasteiger partial charge on any atom is -0.315 e. The van der Waals surface area contributed by atoms with E-state index < -0.39 is 0 Å². The summed E-state index contributed by atoms with van der Waals surface area (Å²) in [6.07, 6.45) is 2.71. The number of imidazole rings is 1. The number of pyridine rings is 1. The Balaban J connectivity index is 0.00000144. The fraction of sp³-hybridized carbons (Fsp3) is 0.250. The molecule has 22 heavy (non-hydrogen) atoms. The quantitative estimate of drug-likeness (QED) is 0.788. The van der Waals surface area contributed by atoms with E-state index in [0.717, 1.165) is 36.4 Å². The summed E-state index contributed by atoms with van der Waals surface area (Å²) in [7, 11) is 0. The Morgan fingerprint density at radius 1 is 1.14 bits per heavy atom. The van der Waals surface area contributed by atoms with Crippen molar-refractivity contribution in [2.75, 3.05) is 13.1 Å². The van der Waals surface area contributed by atoms with Gasteiger partial charge in [-0.05, 0) is 37.2 Å². The van der Waals surface area contributed by atoms with E-state index in [1.165, 1.54) is 0 Å². The molecule has 3 aromatic rings. The number of nitrogens with zero attached hydrogens (tertiary/aromatic N) is 3. The summed E-state index contributed by atoms with van der Waals surface area (Å²) in [4.78, 5) is 17.4. The van der Waals surface area contributed by atoms with Gasteiger partial charge in [-0.15, -0.1) is 12.4 Å². The van der Waals surface area contributed by atoms with Gasteiger partial charge in [-0.25, -0.2) is 9.78 Å². The van der Waals surface area contributed by atoms with Gasteiger partial charge in [0.1, 0.15) is 0 Å². The molecule has 114 valence electrons. The third-order valence-corrected chi connectivity index (χ3v) is 4.05. The van der Waals surface area contributed by atoms with Crippen molar-refractivity contribution >= 4 is 23.6 Å². The molecule has 0 bridgehead atoms. The third kappa shape index (κ3) is 2.23. The second kappa shape index (κ2) is 5.94. The Morgan fingerprint density at radius 3 is 2.68 bits per heavy atom. The molecule has 6 heteroatoms. The Labute approximate surface area is 134 Å². The van der Waals surface area contributed by atoms with E-state index in [1.807, 2.05) is 47.0 Å². The lowest BCUT2D eigenvalue weighted by molar-refractivity contribution is 0.537. The van der Waals surface area contributed by atoms with Crippen molar-refractivity contribution in [2.45, 2.75) is 12.5 Å². The predicted octanol–water partition coefficient (Wildman–Crippen LogP) is 2.14. The van der Waals surface area contributed by atoms with E-state index in [1.54, 1.807) is 10.8 Å². The van der Waals surface area contributed by atoms with Gasteiger partial charge >= 0.3 is 5.69 Å². The van der Waals surface area contributed by atoms with Gasteiger partial charge in [0.05, 0.1) is 17.2 Å². The van der Waals surface area contributed by atoms with Gasteiger partial charge in [-0.2, -0.15) is 0 Å². The molecule has 5 nitrogen and oxygen atoms in total. The molecule has 1 fully saturated rings. The zero-order valence-corrected chi connectivity index (χ0v) is 12.8. The molecule has 0 saturated carbocycles. The van der Waals surface area contributed by atoms with Crippen LogP contribution >= 0.6 is 12.4 Å². The van der Waals surface area contributed by atoms with Crippen molar-refractivity contribution in [3.05, 3.63) is 59.1 Å². The van der Waals surface area contributed by atoms with Crippen LogP contribution in [0.4, 0.5) is 0 Å². The number of nitrogens with one attached hydrogen (secondary N) is 1. The van der Waals surface area contributed by atoms with Crippen LogP contribution in [0.5, 0.6) is 0 Å². The molecule has 0 radical (unpaired) electrons. The lowest BCUT2D eigenvalue weighted by Crippen LogP contribution is -2.28. The maximum atomic E-state index is 12.9. The monoisotopic (exact) mass is 316 g/mol. The first-order valence-electron chi connectivity index (χ1n) is 7.20. The van der Waals surface area contributed by atoms with Crippen LogP contribution in [0.15, 0.2) is 53.5 Å². The van der Waals surface area contributed by atoms with Crippen LogP contribution in [0.25, 0.3) is 16.9 Å². The first-order valence-corrected chi connectivity index (χ1v) is 7.20. The highest BCUT2D eigenvalue weighted by atomic mass is 35.5. The van der Waals surface area contributed by atoms with Crippen molar-refractivity contribution in [3.63, 3.8) is 0 Å². The number of hydrogen-bond acceptors (Lipinski definition) is 3. The molecule has 1 atom stereocenters. The summed E-state index contributed by atoms with van der Waals surface area (Å²) in [6, 6.07) is 13.7. The van der Waals surface area contributed by atoms with Crippen LogP contribution in [0.3, 0.4) is 0 Å². The highest BCUT2D eigenvalue weighted by Crippen LogP contribution is 2.21. The van der Waals surface area contributed by atoms with E-state index in [9.17, 15) is 4.79 Å². The van der Waals surface area contributed by atoms with Crippen LogP contribution in [0.2, 0.25) is 0 Å². The lowest BCUT2D eigenvalue weighted by Gasteiger charge is -2.09. The van der Waals surface area contributed by atoms with Crippen molar-refractivity contribution in [1.82, 2.24) is 19.4 Å². The van der Waals surface area contributed by atoms with Crippen molar-refractivity contribution in [2.24, 2.45) is 0 Å². The summed E-state index contributed by atoms with van der Waals surface area (Å²) < 4.78 is 3.59. The van der Waals surface area contributed by atoms with Gasteiger partial charge in [0.2, 0.25) is 0 Å². The van der Waals surface area contributed by atoms with Crippen LogP contribution in [0, 0.1) is 0 Å². The minimum absolute atomic E-state index is 0. The maximum absolute atomic E-state index is 12.9. The second-order valence-electron chi connectivity index (χ2n) is 5.32. The topological polar surface area (TPSA) is 51.9 Å². The molecular weight excluding hydrogens is 300 g/mol. The molecule has 1 aliphatic rings. The standard InChI is InChI=1S/C16H16N4O.ClH/c21-16-19(12-5-2-1-3-6-12)14-7-4-9-18-15(14)20(16)13-8-10-17-11-13;/h1-7,9,13,17H,8,10-11H2;1H. The van der Waals surface area contributed by atoms with Crippen molar-refractivity contribution in [1.29, 1.82) is 0 Å². The summed E-state index contributed by atoms with van der Waals surface area (Å²) in [5.41, 5.74) is 2.49. The first kappa shape index (κ1) is 14.8. The molecule has 1 aliphatic heterocycles. The van der Waals surface area contributed by atoms with E-state index >= 15 is 0 Å². The van der Waals surface area contributed by atoms with E-state index in [2.05, 4.69) is 10.3 Å². The highest BCUT2D eigenvalue weighted by Gasteiger charge is 2.24. The molecule has 0 spiro atoms. The molecule has 4 rings (SSSR count). The van der Waals surface area contributed by atoms with Gasteiger partial charge in [0.25, 0.3) is 0 Å². The largest absolute Gasteiger partial charge is 0.335 e. The Hall–Kier alpha value is -2.11. The zero-order chi connectivity index (χ0) is 14.2. The van der Waals surface area contributed by atoms with Gasteiger partial charge < -0.3 is 5.32 Å². The molecule has 2 aromatic heterocycles. The van der Waals surface area contributed by atoms with Crippen LogP contribution < -0.4 is 11.0 Å². The van der Waals surface area contributed by atoms with E-state index in [0.29, 0.717) is 0 Å². The fourth-order valence-electron chi connectivity index (χ4n) is 3.07. The number of fused-ring (bicyclic) bond motifs is 1. The number of aromatic nitrogens is 3. The zero-order valence-electron chi connectivity index (χ0n) is 12.0. The number of rotatable bonds is 2. The molecule has 1 saturated heterocycles. The number of hydrogen-bond donors (Lipinski definition) is 1. The SMILES string of the molecule is Cl.O=c1n(-c2ccccc2)c2cccnc2n1C1CCNC1. The van der Waals surface area contributed by atoms with Crippen molar-refractivity contribution < 1.29 is 0 Å². The highest BCUT2D eigenvalue weighted by molar-refractivity contribution is 5.85. The summed E-state index contributed by atoms with van der Waals surface area (Å²) >= 11 is 0.